The van der Waals surface area contributed by atoms with Crippen molar-refractivity contribution in [1.29, 1.82) is 0 Å². The Balaban J connectivity index is 2.72. The molecule has 1 rings (SSSR count). The third-order valence-electron chi connectivity index (χ3n) is 3.26. The number of carbonyl (C=O) groups is 1. The van der Waals surface area contributed by atoms with Crippen molar-refractivity contribution in [2.24, 2.45) is 0 Å². The Morgan fingerprint density at radius 2 is 2.10 bits per heavy atom. The first-order chi connectivity index (χ1) is 9.96. The number of ether oxygens (including phenoxy) is 1. The van der Waals surface area contributed by atoms with Gasteiger partial charge in [-0.05, 0) is 45.1 Å². The first-order valence-corrected chi connectivity index (χ1v) is 7.31. The lowest BCUT2D eigenvalue weighted by atomic mass is 10.1. The smallest absolute Gasteiger partial charge is 0.238 e. The van der Waals surface area contributed by atoms with Crippen LogP contribution in [-0.2, 0) is 11.3 Å². The van der Waals surface area contributed by atoms with E-state index in [-0.39, 0.29) is 5.91 Å². The van der Waals surface area contributed by atoms with Gasteiger partial charge in [0.1, 0.15) is 5.75 Å². The number of benzene rings is 1. The fourth-order valence-corrected chi connectivity index (χ4v) is 1.92. The Morgan fingerprint density at radius 1 is 1.38 bits per heavy atom. The van der Waals surface area contributed by atoms with Gasteiger partial charge >= 0.3 is 0 Å². The first-order valence-electron chi connectivity index (χ1n) is 7.31. The van der Waals surface area contributed by atoms with Crippen molar-refractivity contribution in [2.45, 2.75) is 32.9 Å². The van der Waals surface area contributed by atoms with Crippen molar-refractivity contribution in [3.8, 4) is 5.75 Å². The zero-order chi connectivity index (χ0) is 15.8. The predicted molar refractivity (Wildman–Crippen MR) is 86.8 cm³/mol. The molecule has 21 heavy (non-hydrogen) atoms. The van der Waals surface area contributed by atoms with Crippen molar-refractivity contribution < 1.29 is 9.53 Å². The van der Waals surface area contributed by atoms with Gasteiger partial charge in [0.15, 0.2) is 0 Å². The van der Waals surface area contributed by atoms with Gasteiger partial charge < -0.3 is 20.3 Å². The lowest BCUT2D eigenvalue weighted by Gasteiger charge is -2.15. The molecule has 0 heterocycles. The van der Waals surface area contributed by atoms with E-state index in [1.807, 2.05) is 32.3 Å². The van der Waals surface area contributed by atoms with Crippen LogP contribution in [0.25, 0.3) is 0 Å². The molecule has 0 saturated heterocycles. The van der Waals surface area contributed by atoms with E-state index < -0.39 is 0 Å². The molecule has 0 aliphatic carbocycles. The van der Waals surface area contributed by atoms with E-state index in [0.29, 0.717) is 24.0 Å². The van der Waals surface area contributed by atoms with Crippen LogP contribution in [0.15, 0.2) is 18.2 Å². The lowest BCUT2D eigenvalue weighted by Crippen LogP contribution is -2.34. The van der Waals surface area contributed by atoms with Gasteiger partial charge in [-0.25, -0.2) is 0 Å². The molecule has 1 aromatic carbocycles. The molecule has 0 saturated carbocycles. The molecule has 0 fully saturated rings. The van der Waals surface area contributed by atoms with Crippen molar-refractivity contribution in [1.82, 2.24) is 10.2 Å². The summed E-state index contributed by atoms with van der Waals surface area (Å²) in [5.74, 6) is 0.616. The Kier molecular flexibility index (Phi) is 7.19. The fourth-order valence-electron chi connectivity index (χ4n) is 1.92. The van der Waals surface area contributed by atoms with Crippen LogP contribution in [0, 0.1) is 0 Å². The monoisotopic (exact) mass is 293 g/mol. The second-order valence-electron chi connectivity index (χ2n) is 5.51. The quantitative estimate of drug-likeness (QED) is 0.770. The standard InChI is InChI=1S/C16H27N3O2/c1-6-12(2)17-10-16(20)18-14-9-13(11-19(3)4)7-8-15(14)21-5/h7-9,12,17H,6,10-11H2,1-5H3,(H,18,20). The minimum Gasteiger partial charge on any atom is -0.495 e. The molecule has 0 aliphatic heterocycles. The third-order valence-corrected chi connectivity index (χ3v) is 3.26. The lowest BCUT2D eigenvalue weighted by molar-refractivity contribution is -0.115. The molecule has 1 atom stereocenters. The molecular formula is C16H27N3O2. The number of rotatable bonds is 8. The zero-order valence-electron chi connectivity index (χ0n) is 13.7. The molecule has 1 amide bonds. The van der Waals surface area contributed by atoms with Crippen molar-refractivity contribution in [3.63, 3.8) is 0 Å². The molecule has 0 spiro atoms. The molecule has 0 aliphatic rings. The van der Waals surface area contributed by atoms with Crippen LogP contribution in [0.4, 0.5) is 5.69 Å². The van der Waals surface area contributed by atoms with Gasteiger partial charge in [0, 0.05) is 12.6 Å². The third kappa shape index (κ3) is 6.14. The first kappa shape index (κ1) is 17.5. The summed E-state index contributed by atoms with van der Waals surface area (Å²) in [6, 6.07) is 6.18. The molecule has 1 aromatic rings. The highest BCUT2D eigenvalue weighted by Gasteiger charge is 2.10. The van der Waals surface area contributed by atoms with E-state index in [1.165, 1.54) is 0 Å². The highest BCUT2D eigenvalue weighted by molar-refractivity contribution is 5.93. The number of anilines is 1. The van der Waals surface area contributed by atoms with Gasteiger partial charge in [0.25, 0.3) is 0 Å². The number of amides is 1. The Bertz CT molecular complexity index is 461. The summed E-state index contributed by atoms with van der Waals surface area (Å²) in [4.78, 5) is 14.1. The van der Waals surface area contributed by atoms with Crippen LogP contribution in [0.3, 0.4) is 0 Å². The summed E-state index contributed by atoms with van der Waals surface area (Å²) >= 11 is 0. The molecule has 1 unspecified atom stereocenters. The van der Waals surface area contributed by atoms with Gasteiger partial charge in [0.05, 0.1) is 19.3 Å². The van der Waals surface area contributed by atoms with E-state index in [2.05, 4.69) is 29.4 Å². The maximum atomic E-state index is 12.0. The van der Waals surface area contributed by atoms with E-state index in [9.17, 15) is 4.79 Å². The van der Waals surface area contributed by atoms with E-state index in [0.717, 1.165) is 18.5 Å². The van der Waals surface area contributed by atoms with E-state index in [4.69, 9.17) is 4.74 Å². The maximum Gasteiger partial charge on any atom is 0.238 e. The van der Waals surface area contributed by atoms with Gasteiger partial charge in [0.2, 0.25) is 5.91 Å². The van der Waals surface area contributed by atoms with Crippen molar-refractivity contribution >= 4 is 11.6 Å². The molecular weight excluding hydrogens is 266 g/mol. The summed E-state index contributed by atoms with van der Waals surface area (Å²) in [5, 5.41) is 6.09. The van der Waals surface area contributed by atoms with Crippen LogP contribution in [0.5, 0.6) is 5.75 Å². The normalized spacial score (nSPS) is 12.3. The number of carbonyl (C=O) groups excluding carboxylic acids is 1. The van der Waals surface area contributed by atoms with Crippen molar-refractivity contribution in [3.05, 3.63) is 23.8 Å². The second kappa shape index (κ2) is 8.64. The van der Waals surface area contributed by atoms with Gasteiger partial charge in [-0.1, -0.05) is 13.0 Å². The average Bonchev–Trinajstić information content (AvgIpc) is 2.44. The number of hydrogen-bond acceptors (Lipinski definition) is 4. The van der Waals surface area contributed by atoms with Crippen molar-refractivity contribution in [2.75, 3.05) is 33.1 Å². The van der Waals surface area contributed by atoms with Crippen LogP contribution < -0.4 is 15.4 Å². The van der Waals surface area contributed by atoms with E-state index in [1.54, 1.807) is 7.11 Å². The zero-order valence-corrected chi connectivity index (χ0v) is 13.7. The van der Waals surface area contributed by atoms with E-state index >= 15 is 0 Å². The summed E-state index contributed by atoms with van der Waals surface area (Å²) in [7, 11) is 5.63. The van der Waals surface area contributed by atoms with Crippen LogP contribution >= 0.6 is 0 Å². The highest BCUT2D eigenvalue weighted by atomic mass is 16.5. The van der Waals surface area contributed by atoms with Crippen LogP contribution in [-0.4, -0.2) is 44.6 Å². The molecule has 5 nitrogen and oxygen atoms in total. The van der Waals surface area contributed by atoms with Crippen LogP contribution in [0.2, 0.25) is 0 Å². The van der Waals surface area contributed by atoms with Gasteiger partial charge in [-0.15, -0.1) is 0 Å². The highest BCUT2D eigenvalue weighted by Crippen LogP contribution is 2.25. The summed E-state index contributed by atoms with van der Waals surface area (Å²) in [5.41, 5.74) is 1.85. The maximum absolute atomic E-state index is 12.0. The Hall–Kier alpha value is -1.59. The fraction of sp³-hybridized carbons (Fsp3) is 0.562. The summed E-state index contributed by atoms with van der Waals surface area (Å²) in [6.07, 6.45) is 0.995. The number of hydrogen-bond donors (Lipinski definition) is 2. The number of nitrogens with zero attached hydrogens (tertiary/aromatic N) is 1. The molecule has 0 bridgehead atoms. The van der Waals surface area contributed by atoms with Crippen LogP contribution in [0.1, 0.15) is 25.8 Å². The molecule has 0 radical (unpaired) electrons. The average molecular weight is 293 g/mol. The van der Waals surface area contributed by atoms with Gasteiger partial charge in [-0.3, -0.25) is 4.79 Å². The molecule has 0 aromatic heterocycles. The minimum absolute atomic E-state index is 0.0596. The second-order valence-corrected chi connectivity index (χ2v) is 5.51. The number of methoxy groups -OCH3 is 1. The molecule has 118 valence electrons. The topological polar surface area (TPSA) is 53.6 Å². The molecule has 2 N–H and O–H groups in total. The Morgan fingerprint density at radius 3 is 2.67 bits per heavy atom. The minimum atomic E-state index is -0.0596. The number of nitrogens with one attached hydrogen (secondary N) is 2. The summed E-state index contributed by atoms with van der Waals surface area (Å²) in [6.45, 7) is 5.27. The largest absolute Gasteiger partial charge is 0.495 e. The predicted octanol–water partition coefficient (Wildman–Crippen LogP) is 2.08. The van der Waals surface area contributed by atoms with Gasteiger partial charge in [-0.2, -0.15) is 0 Å². The SMILES string of the molecule is CCC(C)NCC(=O)Nc1cc(CN(C)C)ccc1OC. The molecule has 5 heteroatoms. The summed E-state index contributed by atoms with van der Waals surface area (Å²) < 4.78 is 5.30. The Labute approximate surface area is 127 Å².